The first kappa shape index (κ1) is 33.9. The third kappa shape index (κ3) is 5.49. The molecule has 58 heavy (non-hydrogen) atoms. The van der Waals surface area contributed by atoms with Gasteiger partial charge in [0.05, 0.1) is 28.6 Å². The van der Waals surface area contributed by atoms with Crippen LogP contribution in [-0.4, -0.2) is 27.5 Å². The monoisotopic (exact) mass is 761 g/mol. The summed E-state index contributed by atoms with van der Waals surface area (Å²) in [4.78, 5) is 15.0. The van der Waals surface area contributed by atoms with Crippen LogP contribution in [0.25, 0.3) is 75.2 Å². The molecule has 0 aliphatic carbocycles. The van der Waals surface area contributed by atoms with E-state index in [4.69, 9.17) is 9.98 Å². The largest absolute Gasteiger partial charge is 0.309 e. The summed E-state index contributed by atoms with van der Waals surface area (Å²) in [6.07, 6.45) is 0. The van der Waals surface area contributed by atoms with Crippen molar-refractivity contribution in [1.29, 1.82) is 0 Å². The number of rotatable bonds is 6. The molecule has 0 N–H and O–H groups in total. The van der Waals surface area contributed by atoms with Crippen molar-refractivity contribution < 1.29 is 0 Å². The van der Waals surface area contributed by atoms with Crippen molar-refractivity contribution in [2.24, 2.45) is 15.0 Å². The summed E-state index contributed by atoms with van der Waals surface area (Å²) >= 11 is 1.78. The van der Waals surface area contributed by atoms with Crippen LogP contribution in [0.5, 0.6) is 0 Å². The predicted octanol–water partition coefficient (Wildman–Crippen LogP) is 13.3. The molecule has 0 unspecified atom stereocenters. The number of hydrogen-bond acceptors (Lipinski definition) is 2. The van der Waals surface area contributed by atoms with Crippen molar-refractivity contribution in [3.63, 3.8) is 0 Å². The number of hydrogen-bond donors (Lipinski definition) is 0. The van der Waals surface area contributed by atoms with Gasteiger partial charge < -0.3 is 9.13 Å². The van der Waals surface area contributed by atoms with Crippen LogP contribution >= 0.6 is 11.3 Å². The Bertz CT molecular complexity index is 3430. The molecule has 0 bridgehead atoms. The molecule has 274 valence electrons. The Balaban J connectivity index is 1.27. The van der Waals surface area contributed by atoms with Crippen LogP contribution in [0.1, 0.15) is 16.7 Å². The summed E-state index contributed by atoms with van der Waals surface area (Å²) in [7, 11) is 0. The lowest BCUT2D eigenvalue weighted by Crippen LogP contribution is -2.07. The first-order valence-corrected chi connectivity index (χ1v) is 20.2. The molecule has 8 aromatic carbocycles. The van der Waals surface area contributed by atoms with Crippen molar-refractivity contribution in [1.82, 2.24) is 9.13 Å². The minimum atomic E-state index is 0.463. The van der Waals surface area contributed by atoms with Gasteiger partial charge in [0.15, 0.2) is 11.7 Å². The van der Waals surface area contributed by atoms with E-state index in [2.05, 4.69) is 173 Å². The van der Waals surface area contributed by atoms with Gasteiger partial charge in [-0.1, -0.05) is 140 Å². The third-order valence-electron chi connectivity index (χ3n) is 11.1. The van der Waals surface area contributed by atoms with E-state index >= 15 is 0 Å². The fourth-order valence-corrected chi connectivity index (χ4v) is 9.74. The van der Waals surface area contributed by atoms with Gasteiger partial charge in [0.1, 0.15) is 0 Å². The Hall–Kier alpha value is -7.41. The quantitative estimate of drug-likeness (QED) is 0.120. The number of para-hydroxylation sites is 3. The first-order valence-electron chi connectivity index (χ1n) is 19.4. The zero-order chi connectivity index (χ0) is 38.6. The molecule has 3 aromatic heterocycles. The van der Waals surface area contributed by atoms with Crippen LogP contribution in [0.15, 0.2) is 203 Å². The zero-order valence-corrected chi connectivity index (χ0v) is 32.3. The molecule has 0 spiro atoms. The fourth-order valence-electron chi connectivity index (χ4n) is 8.55. The number of benzene rings is 8. The molecule has 6 heteroatoms. The van der Waals surface area contributed by atoms with Gasteiger partial charge in [-0.3, -0.25) is 4.99 Å². The lowest BCUT2D eigenvalue weighted by molar-refractivity contribution is 1.06. The second kappa shape index (κ2) is 14.0. The highest BCUT2D eigenvalue weighted by Gasteiger charge is 2.23. The number of aromatic nitrogens is 2. The molecular formula is C52H35N5S. The smallest absolute Gasteiger partial charge is 0.161 e. The molecule has 5 nitrogen and oxygen atoms in total. The fraction of sp³-hybridized carbons (Fsp3) is 0.0192. The third-order valence-corrected chi connectivity index (χ3v) is 12.3. The molecule has 0 amide bonds. The Kier molecular flexibility index (Phi) is 8.15. The molecular weight excluding hydrogens is 727 g/mol. The predicted molar refractivity (Wildman–Crippen MR) is 247 cm³/mol. The van der Waals surface area contributed by atoms with Gasteiger partial charge >= 0.3 is 0 Å². The molecule has 0 radical (unpaired) electrons. The molecule has 11 rings (SSSR count). The van der Waals surface area contributed by atoms with E-state index < -0.39 is 0 Å². The summed E-state index contributed by atoms with van der Waals surface area (Å²) in [5.41, 5.74) is 9.73. The van der Waals surface area contributed by atoms with E-state index in [0.29, 0.717) is 18.2 Å². The Morgan fingerprint density at radius 1 is 0.500 bits per heavy atom. The summed E-state index contributed by atoms with van der Waals surface area (Å²) in [6.45, 7) is 4.43. The highest BCUT2D eigenvalue weighted by atomic mass is 32.1. The second-order valence-electron chi connectivity index (χ2n) is 14.4. The van der Waals surface area contributed by atoms with Crippen LogP contribution in [0.3, 0.4) is 0 Å². The minimum absolute atomic E-state index is 0.463. The van der Waals surface area contributed by atoms with Crippen molar-refractivity contribution in [2.75, 3.05) is 0 Å². The molecule has 0 fully saturated rings. The molecule has 0 aliphatic rings. The van der Waals surface area contributed by atoms with E-state index in [1.54, 1.807) is 11.3 Å². The van der Waals surface area contributed by atoms with Crippen LogP contribution in [-0.2, 0) is 6.54 Å². The summed E-state index contributed by atoms with van der Waals surface area (Å²) in [5, 5.41) is 7.18. The lowest BCUT2D eigenvalue weighted by atomic mass is 10.1. The molecule has 3 heterocycles. The zero-order valence-electron chi connectivity index (χ0n) is 31.5. The lowest BCUT2D eigenvalue weighted by Gasteiger charge is -2.14. The van der Waals surface area contributed by atoms with Crippen LogP contribution in [0, 0.1) is 0 Å². The van der Waals surface area contributed by atoms with Gasteiger partial charge in [-0.05, 0) is 60.8 Å². The normalized spacial score (nSPS) is 12.5. The average molecular weight is 762 g/mol. The van der Waals surface area contributed by atoms with Crippen LogP contribution in [0.4, 0.5) is 0 Å². The van der Waals surface area contributed by atoms with E-state index in [1.165, 1.54) is 42.7 Å². The molecule has 0 saturated carbocycles. The number of nitrogens with zero attached hydrogens (tertiary/aromatic N) is 5. The minimum Gasteiger partial charge on any atom is -0.309 e. The number of fused-ring (bicyclic) bond motifs is 10. The van der Waals surface area contributed by atoms with Crippen molar-refractivity contribution >= 4 is 93.5 Å². The van der Waals surface area contributed by atoms with Crippen molar-refractivity contribution in [3.05, 3.63) is 205 Å². The average Bonchev–Trinajstić information content (AvgIpc) is 3.95. The summed E-state index contributed by atoms with van der Waals surface area (Å²) < 4.78 is 7.20. The standard InChI is InChI=1S/C52H35N5S/c1-53-51(35-19-7-3-8-20-35)55-52(54-33-34-17-5-2-6-18-34)43-32-37(31-42-39-24-13-16-28-47(39)58-50(42)43)57-44-26-14-11-23-38(44)40-29-30-46-48(49(40)57)41-25-12-15-27-45(41)56(46)36-21-9-4-10-22-36/h2-32H,1,33H2/b54-52-,55-51-. The van der Waals surface area contributed by atoms with Gasteiger partial charge in [-0.2, -0.15) is 0 Å². The van der Waals surface area contributed by atoms with E-state index in [1.807, 2.05) is 36.4 Å². The van der Waals surface area contributed by atoms with Crippen molar-refractivity contribution in [3.8, 4) is 11.4 Å². The maximum absolute atomic E-state index is 5.31. The Labute approximate surface area is 338 Å². The highest BCUT2D eigenvalue weighted by Crippen LogP contribution is 2.44. The van der Waals surface area contributed by atoms with E-state index in [-0.39, 0.29) is 0 Å². The van der Waals surface area contributed by atoms with Gasteiger partial charge in [-0.25, -0.2) is 9.98 Å². The Morgan fingerprint density at radius 2 is 1.14 bits per heavy atom. The molecule has 0 saturated heterocycles. The Morgan fingerprint density at radius 3 is 1.90 bits per heavy atom. The summed E-state index contributed by atoms with van der Waals surface area (Å²) in [6, 6.07) is 66.5. The first-order chi connectivity index (χ1) is 28.7. The van der Waals surface area contributed by atoms with Gasteiger partial charge in [0.25, 0.3) is 0 Å². The van der Waals surface area contributed by atoms with Crippen molar-refractivity contribution in [2.45, 2.75) is 6.54 Å². The van der Waals surface area contributed by atoms with E-state index in [0.717, 1.165) is 49.2 Å². The van der Waals surface area contributed by atoms with E-state index in [9.17, 15) is 0 Å². The topological polar surface area (TPSA) is 46.9 Å². The highest BCUT2D eigenvalue weighted by molar-refractivity contribution is 7.26. The number of amidine groups is 2. The second-order valence-corrected chi connectivity index (χ2v) is 15.5. The summed E-state index contributed by atoms with van der Waals surface area (Å²) in [5.74, 6) is 1.14. The molecule has 0 atom stereocenters. The van der Waals surface area contributed by atoms with Crippen LogP contribution < -0.4 is 0 Å². The number of aliphatic imine (C=N–C) groups is 3. The van der Waals surface area contributed by atoms with Gasteiger partial charge in [0, 0.05) is 64.2 Å². The SMILES string of the molecule is C=N/C(=N\C(=N/Cc1ccccc1)c1cc(-n2c3ccccc3c3ccc4c(c5ccccc5n4-c4ccccc4)c32)cc2c1sc1ccccc12)c1ccccc1. The molecule has 11 aromatic rings. The number of thiophene rings is 1. The van der Waals surface area contributed by atoms with Gasteiger partial charge in [0.2, 0.25) is 0 Å². The van der Waals surface area contributed by atoms with Gasteiger partial charge in [-0.15, -0.1) is 11.3 Å². The maximum atomic E-state index is 5.31. The molecule has 0 aliphatic heterocycles. The van der Waals surface area contributed by atoms with Crippen LogP contribution in [0.2, 0.25) is 0 Å². The maximum Gasteiger partial charge on any atom is 0.161 e.